The summed E-state index contributed by atoms with van der Waals surface area (Å²) >= 11 is 6.12. The molecule has 1 aliphatic carbocycles. The van der Waals surface area contributed by atoms with E-state index in [1.54, 1.807) is 6.20 Å². The van der Waals surface area contributed by atoms with Crippen LogP contribution in [0, 0.1) is 6.92 Å². The van der Waals surface area contributed by atoms with Crippen molar-refractivity contribution in [3.8, 4) is 0 Å². The summed E-state index contributed by atoms with van der Waals surface area (Å²) in [6.45, 7) is 2.80. The first-order valence-corrected chi connectivity index (χ1v) is 8.42. The number of fused-ring (bicyclic) bond motifs is 1. The summed E-state index contributed by atoms with van der Waals surface area (Å²) in [5.41, 5.74) is 5.62. The third kappa shape index (κ3) is 2.89. The van der Waals surface area contributed by atoms with Gasteiger partial charge in [0, 0.05) is 5.56 Å². The van der Waals surface area contributed by atoms with Gasteiger partial charge in [0.05, 0.1) is 18.4 Å². The maximum absolute atomic E-state index is 11.7. The summed E-state index contributed by atoms with van der Waals surface area (Å²) in [5, 5.41) is 15.0. The van der Waals surface area contributed by atoms with Gasteiger partial charge in [0.1, 0.15) is 10.7 Å². The standard InChI is InChI=1S/C18H16ClN5O/c1-11-4-2-3-5-13(11)10-24-16-7-6-12(8-15(16)21-23-24)14-9-20-22-18(25)17(14)19/h2-5,8-9H,6-7,10H2,1H3,(H,22,25). The average molecular weight is 354 g/mol. The van der Waals surface area contributed by atoms with Gasteiger partial charge in [0.25, 0.3) is 5.56 Å². The number of allylic oxidation sites excluding steroid dienone is 1. The molecule has 0 saturated heterocycles. The summed E-state index contributed by atoms with van der Waals surface area (Å²) in [7, 11) is 0. The minimum absolute atomic E-state index is 0.164. The van der Waals surface area contributed by atoms with Crippen molar-refractivity contribution in [2.75, 3.05) is 0 Å². The zero-order chi connectivity index (χ0) is 17.4. The predicted molar refractivity (Wildman–Crippen MR) is 96.4 cm³/mol. The second-order valence-electron chi connectivity index (χ2n) is 6.10. The first kappa shape index (κ1) is 15.8. The van der Waals surface area contributed by atoms with Gasteiger partial charge < -0.3 is 0 Å². The van der Waals surface area contributed by atoms with Crippen molar-refractivity contribution in [1.29, 1.82) is 0 Å². The van der Waals surface area contributed by atoms with E-state index in [-0.39, 0.29) is 10.6 Å². The van der Waals surface area contributed by atoms with Gasteiger partial charge in [-0.05, 0) is 42.5 Å². The molecule has 2 heterocycles. The fourth-order valence-corrected chi connectivity index (χ4v) is 3.31. The molecule has 0 unspecified atom stereocenters. The quantitative estimate of drug-likeness (QED) is 0.785. The number of aromatic amines is 1. The lowest BCUT2D eigenvalue weighted by Crippen LogP contribution is -2.13. The van der Waals surface area contributed by atoms with Crippen molar-refractivity contribution < 1.29 is 0 Å². The van der Waals surface area contributed by atoms with Gasteiger partial charge in [-0.2, -0.15) is 5.10 Å². The molecule has 1 N–H and O–H groups in total. The van der Waals surface area contributed by atoms with Gasteiger partial charge in [-0.15, -0.1) is 5.10 Å². The second-order valence-corrected chi connectivity index (χ2v) is 6.48. The summed E-state index contributed by atoms with van der Waals surface area (Å²) in [6.07, 6.45) is 5.09. The maximum Gasteiger partial charge on any atom is 0.283 e. The first-order chi connectivity index (χ1) is 12.1. The van der Waals surface area contributed by atoms with Gasteiger partial charge in [-0.25, -0.2) is 9.78 Å². The summed E-state index contributed by atoms with van der Waals surface area (Å²) in [4.78, 5) is 11.7. The van der Waals surface area contributed by atoms with Crippen LogP contribution in [0.5, 0.6) is 0 Å². The van der Waals surface area contributed by atoms with Crippen molar-refractivity contribution in [3.05, 3.63) is 73.9 Å². The van der Waals surface area contributed by atoms with E-state index in [0.29, 0.717) is 12.1 Å². The Morgan fingerprint density at radius 2 is 2.12 bits per heavy atom. The van der Waals surface area contributed by atoms with Crippen LogP contribution in [-0.2, 0) is 13.0 Å². The van der Waals surface area contributed by atoms with E-state index in [9.17, 15) is 4.79 Å². The molecule has 0 spiro atoms. The summed E-state index contributed by atoms with van der Waals surface area (Å²) in [5.74, 6) is 0. The highest BCUT2D eigenvalue weighted by Gasteiger charge is 2.20. The van der Waals surface area contributed by atoms with Crippen LogP contribution in [0.3, 0.4) is 0 Å². The van der Waals surface area contributed by atoms with Crippen LogP contribution in [0.4, 0.5) is 0 Å². The van der Waals surface area contributed by atoms with Crippen molar-refractivity contribution >= 4 is 23.3 Å². The Kier molecular flexibility index (Phi) is 3.97. The molecule has 6 nitrogen and oxygen atoms in total. The van der Waals surface area contributed by atoms with Gasteiger partial charge >= 0.3 is 0 Å². The number of aryl methyl sites for hydroxylation is 1. The van der Waals surface area contributed by atoms with Crippen molar-refractivity contribution in [3.63, 3.8) is 0 Å². The van der Waals surface area contributed by atoms with Gasteiger partial charge in [0.2, 0.25) is 0 Å². The van der Waals surface area contributed by atoms with E-state index in [2.05, 4.69) is 39.6 Å². The Bertz CT molecular complexity index is 1030. The van der Waals surface area contributed by atoms with E-state index >= 15 is 0 Å². The largest absolute Gasteiger partial charge is 0.283 e. The molecule has 7 heteroatoms. The van der Waals surface area contributed by atoms with Crippen LogP contribution in [0.2, 0.25) is 5.02 Å². The summed E-state index contributed by atoms with van der Waals surface area (Å²) < 4.78 is 1.95. The fraction of sp³-hybridized carbons (Fsp3) is 0.222. The van der Waals surface area contributed by atoms with Crippen LogP contribution in [0.1, 0.15) is 34.5 Å². The Balaban J connectivity index is 1.68. The highest BCUT2D eigenvalue weighted by molar-refractivity contribution is 6.32. The van der Waals surface area contributed by atoms with Gasteiger partial charge in [-0.3, -0.25) is 4.79 Å². The molecule has 0 fully saturated rings. The molecule has 2 aromatic heterocycles. The number of benzene rings is 1. The monoisotopic (exact) mass is 353 g/mol. The van der Waals surface area contributed by atoms with E-state index in [1.165, 1.54) is 11.1 Å². The Hall–Kier alpha value is -2.73. The molecule has 0 bridgehead atoms. The van der Waals surface area contributed by atoms with Gasteiger partial charge in [0.15, 0.2) is 0 Å². The zero-order valence-electron chi connectivity index (χ0n) is 13.7. The van der Waals surface area contributed by atoms with E-state index in [0.717, 1.165) is 29.8 Å². The van der Waals surface area contributed by atoms with Gasteiger partial charge in [-0.1, -0.05) is 41.1 Å². The number of aromatic nitrogens is 5. The van der Waals surface area contributed by atoms with Crippen LogP contribution >= 0.6 is 11.6 Å². The number of rotatable bonds is 3. The van der Waals surface area contributed by atoms with Crippen molar-refractivity contribution in [1.82, 2.24) is 25.2 Å². The van der Waals surface area contributed by atoms with Crippen LogP contribution < -0.4 is 5.56 Å². The molecule has 25 heavy (non-hydrogen) atoms. The number of halogens is 1. The molecule has 0 radical (unpaired) electrons. The number of nitrogens with one attached hydrogen (secondary N) is 1. The highest BCUT2D eigenvalue weighted by atomic mass is 35.5. The molecule has 1 aromatic carbocycles. The maximum atomic E-state index is 11.7. The number of H-pyrrole nitrogens is 1. The number of hydrogen-bond acceptors (Lipinski definition) is 4. The SMILES string of the molecule is Cc1ccccc1Cn1nnc2c1CCC(c1cn[nH]c(=O)c1Cl)=C2. The topological polar surface area (TPSA) is 76.5 Å². The molecule has 0 atom stereocenters. The van der Waals surface area contributed by atoms with E-state index in [4.69, 9.17) is 11.6 Å². The Morgan fingerprint density at radius 1 is 1.28 bits per heavy atom. The Morgan fingerprint density at radius 3 is 2.96 bits per heavy atom. The minimum Gasteiger partial charge on any atom is -0.266 e. The molecule has 126 valence electrons. The lowest BCUT2D eigenvalue weighted by Gasteiger charge is -2.15. The third-order valence-electron chi connectivity index (χ3n) is 4.53. The van der Waals surface area contributed by atoms with Crippen LogP contribution in [-0.4, -0.2) is 25.2 Å². The third-order valence-corrected chi connectivity index (χ3v) is 4.91. The summed E-state index contributed by atoms with van der Waals surface area (Å²) in [6, 6.07) is 8.27. The van der Waals surface area contributed by atoms with E-state index < -0.39 is 0 Å². The lowest BCUT2D eigenvalue weighted by atomic mass is 9.95. The molecular formula is C18H16ClN5O. The molecule has 0 saturated carbocycles. The molecule has 3 aromatic rings. The molecule has 0 aliphatic heterocycles. The molecule has 0 amide bonds. The molecular weight excluding hydrogens is 338 g/mol. The number of nitrogens with zero attached hydrogens (tertiary/aromatic N) is 4. The predicted octanol–water partition coefficient (Wildman–Crippen LogP) is 2.86. The van der Waals surface area contributed by atoms with Crippen LogP contribution in [0.15, 0.2) is 35.3 Å². The van der Waals surface area contributed by atoms with Crippen molar-refractivity contribution in [2.24, 2.45) is 0 Å². The fourth-order valence-electron chi connectivity index (χ4n) is 3.10. The Labute approximate surface area is 149 Å². The number of hydrogen-bond donors (Lipinski definition) is 1. The lowest BCUT2D eigenvalue weighted by molar-refractivity contribution is 0.616. The minimum atomic E-state index is -0.380. The van der Waals surface area contributed by atoms with Crippen molar-refractivity contribution in [2.45, 2.75) is 26.3 Å². The molecule has 4 rings (SSSR count). The highest BCUT2D eigenvalue weighted by Crippen LogP contribution is 2.31. The smallest absolute Gasteiger partial charge is 0.266 e. The van der Waals surface area contributed by atoms with Crippen LogP contribution in [0.25, 0.3) is 11.6 Å². The zero-order valence-corrected chi connectivity index (χ0v) is 14.4. The molecule has 1 aliphatic rings. The first-order valence-electron chi connectivity index (χ1n) is 8.04. The normalized spacial score (nSPS) is 13.4. The van der Waals surface area contributed by atoms with E-state index in [1.807, 2.05) is 22.9 Å². The average Bonchev–Trinajstić information content (AvgIpc) is 3.01. The second kappa shape index (κ2) is 6.29.